The molecule has 0 aromatic carbocycles. The number of carboxylic acid groups (broad SMARTS) is 1. The van der Waals surface area contributed by atoms with Crippen molar-refractivity contribution in [2.45, 2.75) is 44.9 Å². The summed E-state index contributed by atoms with van der Waals surface area (Å²) in [6.07, 6.45) is 8.34. The van der Waals surface area contributed by atoms with Gasteiger partial charge in [0.25, 0.3) is 0 Å². The average molecular weight is 199 g/mol. The summed E-state index contributed by atoms with van der Waals surface area (Å²) in [6.45, 7) is 0.284. The first-order valence-corrected chi connectivity index (χ1v) is 5.67. The monoisotopic (exact) mass is 199 g/mol. The minimum Gasteiger partial charge on any atom is -0.481 e. The highest BCUT2D eigenvalue weighted by molar-refractivity contribution is 5.70. The first-order valence-electron chi connectivity index (χ1n) is 5.67. The smallest absolute Gasteiger partial charge is 0.307 e. The fourth-order valence-electron chi connectivity index (χ4n) is 2.30. The Hall–Kier alpha value is -0.570. The Labute approximate surface area is 85.7 Å². The molecule has 0 radical (unpaired) electrons. The van der Waals surface area contributed by atoms with Gasteiger partial charge in [-0.05, 0) is 12.3 Å². The lowest BCUT2D eigenvalue weighted by molar-refractivity contribution is -0.142. The number of carbonyl (C=O) groups is 1. The summed E-state index contributed by atoms with van der Waals surface area (Å²) in [5.74, 6) is -0.447. The van der Waals surface area contributed by atoms with E-state index in [4.69, 9.17) is 10.8 Å². The molecule has 0 saturated heterocycles. The molecule has 1 unspecified atom stereocenters. The standard InChI is InChI=1S/C11H21NO2/c12-8-10(11(13)14)7-9-5-3-1-2-4-6-9/h9-10H,1-8,12H2,(H,13,14). The highest BCUT2D eigenvalue weighted by atomic mass is 16.4. The largest absolute Gasteiger partial charge is 0.481 e. The summed E-state index contributed by atoms with van der Waals surface area (Å²) in [5, 5.41) is 8.89. The van der Waals surface area contributed by atoms with Gasteiger partial charge in [0.2, 0.25) is 0 Å². The Bertz CT molecular complexity index is 174. The maximum atomic E-state index is 10.8. The molecule has 0 amide bonds. The van der Waals surface area contributed by atoms with Crippen molar-refractivity contribution < 1.29 is 9.90 Å². The summed E-state index contributed by atoms with van der Waals surface area (Å²) in [6, 6.07) is 0. The van der Waals surface area contributed by atoms with Gasteiger partial charge in [0, 0.05) is 6.54 Å². The van der Waals surface area contributed by atoms with Gasteiger partial charge in [-0.1, -0.05) is 38.5 Å². The minimum absolute atomic E-state index is 0.284. The van der Waals surface area contributed by atoms with Crippen LogP contribution in [0.25, 0.3) is 0 Å². The van der Waals surface area contributed by atoms with E-state index in [0.29, 0.717) is 5.92 Å². The van der Waals surface area contributed by atoms with E-state index in [1.165, 1.54) is 38.5 Å². The quantitative estimate of drug-likeness (QED) is 0.681. The van der Waals surface area contributed by atoms with E-state index < -0.39 is 5.97 Å². The Kier molecular flexibility index (Phi) is 4.94. The van der Waals surface area contributed by atoms with Crippen LogP contribution in [0.3, 0.4) is 0 Å². The Balaban J connectivity index is 2.35. The van der Waals surface area contributed by atoms with E-state index in [1.807, 2.05) is 0 Å². The minimum atomic E-state index is -0.725. The van der Waals surface area contributed by atoms with Crippen LogP contribution in [0, 0.1) is 11.8 Å². The van der Waals surface area contributed by atoms with Crippen molar-refractivity contribution in [3.63, 3.8) is 0 Å². The molecule has 0 aliphatic heterocycles. The molecule has 3 heteroatoms. The summed E-state index contributed by atoms with van der Waals surface area (Å²) < 4.78 is 0. The molecule has 0 aromatic rings. The number of hydrogen-bond donors (Lipinski definition) is 2. The zero-order chi connectivity index (χ0) is 10.4. The molecular weight excluding hydrogens is 178 g/mol. The second-order valence-corrected chi connectivity index (χ2v) is 4.36. The normalized spacial score (nSPS) is 21.5. The first-order chi connectivity index (χ1) is 6.74. The molecule has 0 aromatic heterocycles. The topological polar surface area (TPSA) is 63.3 Å². The van der Waals surface area contributed by atoms with Gasteiger partial charge in [-0.15, -0.1) is 0 Å². The van der Waals surface area contributed by atoms with Crippen LogP contribution in [0.5, 0.6) is 0 Å². The van der Waals surface area contributed by atoms with Gasteiger partial charge >= 0.3 is 5.97 Å². The van der Waals surface area contributed by atoms with E-state index in [9.17, 15) is 4.79 Å². The maximum Gasteiger partial charge on any atom is 0.307 e. The Morgan fingerprint density at radius 3 is 2.29 bits per heavy atom. The van der Waals surface area contributed by atoms with Crippen molar-refractivity contribution in [1.29, 1.82) is 0 Å². The lowest BCUT2D eigenvalue weighted by atomic mass is 9.89. The van der Waals surface area contributed by atoms with Crippen LogP contribution in [-0.4, -0.2) is 17.6 Å². The van der Waals surface area contributed by atoms with E-state index in [-0.39, 0.29) is 12.5 Å². The van der Waals surface area contributed by atoms with E-state index in [0.717, 1.165) is 6.42 Å². The molecule has 3 N–H and O–H groups in total. The predicted octanol–water partition coefficient (Wildman–Crippen LogP) is 2.01. The highest BCUT2D eigenvalue weighted by Gasteiger charge is 2.21. The summed E-state index contributed by atoms with van der Waals surface area (Å²) in [4.78, 5) is 10.8. The van der Waals surface area contributed by atoms with Crippen LogP contribution < -0.4 is 5.73 Å². The fourth-order valence-corrected chi connectivity index (χ4v) is 2.30. The van der Waals surface area contributed by atoms with Gasteiger partial charge in [-0.2, -0.15) is 0 Å². The maximum absolute atomic E-state index is 10.8. The van der Waals surface area contributed by atoms with Crippen LogP contribution in [0.2, 0.25) is 0 Å². The number of hydrogen-bond acceptors (Lipinski definition) is 2. The molecule has 14 heavy (non-hydrogen) atoms. The van der Waals surface area contributed by atoms with Gasteiger partial charge in [0.05, 0.1) is 5.92 Å². The van der Waals surface area contributed by atoms with E-state index >= 15 is 0 Å². The second kappa shape index (κ2) is 6.02. The highest BCUT2D eigenvalue weighted by Crippen LogP contribution is 2.27. The van der Waals surface area contributed by atoms with Crippen LogP contribution in [-0.2, 0) is 4.79 Å². The van der Waals surface area contributed by atoms with Crippen LogP contribution >= 0.6 is 0 Å². The predicted molar refractivity (Wildman–Crippen MR) is 56.0 cm³/mol. The molecule has 1 aliphatic carbocycles. The molecule has 82 valence electrons. The van der Waals surface area contributed by atoms with Gasteiger partial charge in [0.1, 0.15) is 0 Å². The van der Waals surface area contributed by atoms with Crippen molar-refractivity contribution in [3.05, 3.63) is 0 Å². The van der Waals surface area contributed by atoms with Crippen LogP contribution in [0.1, 0.15) is 44.9 Å². The summed E-state index contributed by atoms with van der Waals surface area (Å²) in [7, 11) is 0. The molecule has 3 nitrogen and oxygen atoms in total. The third-order valence-electron chi connectivity index (χ3n) is 3.23. The summed E-state index contributed by atoms with van der Waals surface area (Å²) in [5.41, 5.74) is 5.45. The van der Waals surface area contributed by atoms with Crippen molar-refractivity contribution in [2.24, 2.45) is 17.6 Å². The van der Waals surface area contributed by atoms with Gasteiger partial charge in [0.15, 0.2) is 0 Å². The third kappa shape index (κ3) is 3.66. The van der Waals surface area contributed by atoms with Gasteiger partial charge in [-0.3, -0.25) is 4.79 Å². The van der Waals surface area contributed by atoms with E-state index in [2.05, 4.69) is 0 Å². The lowest BCUT2D eigenvalue weighted by Crippen LogP contribution is -2.25. The average Bonchev–Trinajstić information content (AvgIpc) is 2.41. The molecular formula is C11H21NO2. The Morgan fingerprint density at radius 1 is 1.29 bits per heavy atom. The zero-order valence-corrected chi connectivity index (χ0v) is 8.74. The summed E-state index contributed by atoms with van der Waals surface area (Å²) >= 11 is 0. The third-order valence-corrected chi connectivity index (χ3v) is 3.23. The second-order valence-electron chi connectivity index (χ2n) is 4.36. The molecule has 0 spiro atoms. The SMILES string of the molecule is NCC(CC1CCCCCC1)C(=O)O. The van der Waals surface area contributed by atoms with Crippen molar-refractivity contribution in [1.82, 2.24) is 0 Å². The van der Waals surface area contributed by atoms with Crippen molar-refractivity contribution in [2.75, 3.05) is 6.54 Å². The Morgan fingerprint density at radius 2 is 1.86 bits per heavy atom. The first kappa shape index (κ1) is 11.5. The zero-order valence-electron chi connectivity index (χ0n) is 8.74. The van der Waals surface area contributed by atoms with Gasteiger partial charge in [-0.25, -0.2) is 0 Å². The molecule has 0 heterocycles. The number of aliphatic carboxylic acids is 1. The molecule has 1 aliphatic rings. The lowest BCUT2D eigenvalue weighted by Gasteiger charge is -2.17. The van der Waals surface area contributed by atoms with Crippen LogP contribution in [0.4, 0.5) is 0 Å². The van der Waals surface area contributed by atoms with Gasteiger partial charge < -0.3 is 10.8 Å². The van der Waals surface area contributed by atoms with E-state index in [1.54, 1.807) is 0 Å². The number of nitrogens with two attached hydrogens (primary N) is 1. The molecule has 1 fully saturated rings. The number of carboxylic acids is 1. The molecule has 1 atom stereocenters. The van der Waals surface area contributed by atoms with Crippen molar-refractivity contribution in [3.8, 4) is 0 Å². The van der Waals surface area contributed by atoms with Crippen LogP contribution in [0.15, 0.2) is 0 Å². The van der Waals surface area contributed by atoms with Crippen molar-refractivity contribution >= 4 is 5.97 Å². The number of rotatable bonds is 4. The molecule has 1 rings (SSSR count). The fraction of sp³-hybridized carbons (Fsp3) is 0.909. The molecule has 1 saturated carbocycles. The molecule has 0 bridgehead atoms.